The van der Waals surface area contributed by atoms with Gasteiger partial charge in [0.2, 0.25) is 5.78 Å². The molecule has 0 aliphatic carbocycles. The summed E-state index contributed by atoms with van der Waals surface area (Å²) >= 11 is 0. The number of hydrogen-bond donors (Lipinski definition) is 2. The van der Waals surface area contributed by atoms with Crippen LogP contribution in [0.15, 0.2) is 42.7 Å². The van der Waals surface area contributed by atoms with Crippen LogP contribution in [-0.2, 0) is 6.18 Å². The fourth-order valence-corrected chi connectivity index (χ4v) is 3.66. The maximum absolute atomic E-state index is 13.3. The van der Waals surface area contributed by atoms with E-state index in [4.69, 9.17) is 4.74 Å². The molecule has 0 unspecified atom stereocenters. The SMILES string of the molecule is COc1cc2c(cc1O)c(N[C@H](C)c1cccc(C(F)(F)F)c1C)nc1nccn12. The Labute approximate surface area is 170 Å². The molecule has 0 aliphatic heterocycles. The number of nitrogens with one attached hydrogen (secondary N) is 1. The van der Waals surface area contributed by atoms with E-state index in [1.54, 1.807) is 35.9 Å². The number of methoxy groups -OCH3 is 1. The molecule has 0 radical (unpaired) electrons. The number of hydrogen-bond acceptors (Lipinski definition) is 5. The molecule has 0 spiro atoms. The van der Waals surface area contributed by atoms with Crippen LogP contribution in [0.5, 0.6) is 11.5 Å². The number of aromatic hydroxyl groups is 1. The zero-order valence-corrected chi connectivity index (χ0v) is 16.4. The number of halogens is 3. The van der Waals surface area contributed by atoms with Crippen molar-refractivity contribution in [3.63, 3.8) is 0 Å². The van der Waals surface area contributed by atoms with E-state index in [0.29, 0.717) is 28.1 Å². The number of alkyl halides is 3. The number of fused-ring (bicyclic) bond motifs is 3. The predicted octanol–water partition coefficient (Wildman–Crippen LogP) is 5.10. The lowest BCUT2D eigenvalue weighted by Crippen LogP contribution is -2.14. The lowest BCUT2D eigenvalue weighted by atomic mass is 9.97. The number of nitrogens with zero attached hydrogens (tertiary/aromatic N) is 3. The first-order chi connectivity index (χ1) is 14.2. The molecular formula is C21H19F3N4O2. The average Bonchev–Trinajstić information content (AvgIpc) is 3.15. The Balaban J connectivity index is 1.83. The van der Waals surface area contributed by atoms with Crippen molar-refractivity contribution in [1.29, 1.82) is 0 Å². The zero-order valence-electron chi connectivity index (χ0n) is 16.4. The van der Waals surface area contributed by atoms with Crippen molar-refractivity contribution in [2.75, 3.05) is 12.4 Å². The van der Waals surface area contributed by atoms with Gasteiger partial charge in [-0.1, -0.05) is 12.1 Å². The highest BCUT2D eigenvalue weighted by Crippen LogP contribution is 2.37. The number of aromatic nitrogens is 3. The largest absolute Gasteiger partial charge is 0.504 e. The lowest BCUT2D eigenvalue weighted by molar-refractivity contribution is -0.138. The first kappa shape index (κ1) is 19.8. The monoisotopic (exact) mass is 416 g/mol. The van der Waals surface area contributed by atoms with Gasteiger partial charge in [0.05, 0.1) is 24.2 Å². The Morgan fingerprint density at radius 1 is 1.23 bits per heavy atom. The highest BCUT2D eigenvalue weighted by Gasteiger charge is 2.33. The molecule has 2 N–H and O–H groups in total. The highest BCUT2D eigenvalue weighted by molar-refractivity contribution is 5.93. The van der Waals surface area contributed by atoms with E-state index < -0.39 is 17.8 Å². The van der Waals surface area contributed by atoms with E-state index in [2.05, 4.69) is 15.3 Å². The number of anilines is 1. The van der Waals surface area contributed by atoms with Crippen molar-refractivity contribution in [2.24, 2.45) is 0 Å². The summed E-state index contributed by atoms with van der Waals surface area (Å²) in [7, 11) is 1.45. The molecule has 4 rings (SSSR count). The van der Waals surface area contributed by atoms with E-state index in [1.165, 1.54) is 26.2 Å². The minimum atomic E-state index is -4.43. The van der Waals surface area contributed by atoms with Crippen molar-refractivity contribution < 1.29 is 23.0 Å². The third kappa shape index (κ3) is 3.26. The average molecular weight is 416 g/mol. The zero-order chi connectivity index (χ0) is 21.6. The number of rotatable bonds is 4. The van der Waals surface area contributed by atoms with Crippen molar-refractivity contribution in [3.05, 3.63) is 59.4 Å². The number of phenolic OH excluding ortho intramolecular Hbond substituents is 1. The summed E-state index contributed by atoms with van der Waals surface area (Å²) in [5.74, 6) is 1.02. The van der Waals surface area contributed by atoms with Crippen molar-refractivity contribution in [2.45, 2.75) is 26.1 Å². The predicted molar refractivity (Wildman–Crippen MR) is 107 cm³/mol. The fraction of sp³-hybridized carbons (Fsp3) is 0.238. The normalized spacial score (nSPS) is 13.0. The van der Waals surface area contributed by atoms with Crippen LogP contribution in [0.2, 0.25) is 0 Å². The smallest absolute Gasteiger partial charge is 0.416 e. The molecule has 0 fully saturated rings. The minimum absolute atomic E-state index is 0.0720. The van der Waals surface area contributed by atoms with E-state index in [9.17, 15) is 18.3 Å². The van der Waals surface area contributed by atoms with Gasteiger partial charge in [-0.3, -0.25) is 4.40 Å². The van der Waals surface area contributed by atoms with Crippen LogP contribution < -0.4 is 10.1 Å². The molecule has 2 aromatic heterocycles. The molecule has 0 bridgehead atoms. The Hall–Kier alpha value is -3.49. The summed E-state index contributed by atoms with van der Waals surface area (Å²) in [6.07, 6.45) is -1.11. The number of phenols is 1. The molecule has 0 saturated heterocycles. The van der Waals surface area contributed by atoms with Gasteiger partial charge in [0.1, 0.15) is 5.82 Å². The first-order valence-corrected chi connectivity index (χ1v) is 9.17. The van der Waals surface area contributed by atoms with Gasteiger partial charge in [0, 0.05) is 23.8 Å². The minimum Gasteiger partial charge on any atom is -0.504 e. The van der Waals surface area contributed by atoms with E-state index in [0.717, 1.165) is 6.07 Å². The van der Waals surface area contributed by atoms with Gasteiger partial charge < -0.3 is 15.2 Å². The molecule has 156 valence electrons. The molecule has 0 aliphatic rings. The van der Waals surface area contributed by atoms with Crippen molar-refractivity contribution >= 4 is 22.5 Å². The second-order valence-electron chi connectivity index (χ2n) is 6.98. The third-order valence-corrected chi connectivity index (χ3v) is 5.15. The lowest BCUT2D eigenvalue weighted by Gasteiger charge is -2.21. The Kier molecular flexibility index (Phi) is 4.68. The Bertz CT molecular complexity index is 1250. The molecule has 2 aromatic carbocycles. The maximum Gasteiger partial charge on any atom is 0.416 e. The van der Waals surface area contributed by atoms with Gasteiger partial charge in [-0.2, -0.15) is 18.2 Å². The molecule has 0 amide bonds. The highest BCUT2D eigenvalue weighted by atomic mass is 19.4. The standard InChI is InChI=1S/C21H19F3N4O2/c1-11-13(5-4-6-15(11)21(22,23)24)12(2)26-19-14-9-17(29)18(30-3)10-16(14)28-8-7-25-20(28)27-19/h4-10,12,29H,1-3H3,(H,25,26,27)/t12-/m1/s1. The Morgan fingerprint density at radius 2 is 2.00 bits per heavy atom. The van der Waals surface area contributed by atoms with Crippen LogP contribution in [0, 0.1) is 6.92 Å². The van der Waals surface area contributed by atoms with Gasteiger partial charge in [-0.25, -0.2) is 4.98 Å². The van der Waals surface area contributed by atoms with Crippen LogP contribution in [0.3, 0.4) is 0 Å². The van der Waals surface area contributed by atoms with E-state index in [1.807, 2.05) is 0 Å². The second-order valence-corrected chi connectivity index (χ2v) is 6.98. The number of benzene rings is 2. The fourth-order valence-electron chi connectivity index (χ4n) is 3.66. The summed E-state index contributed by atoms with van der Waals surface area (Å²) < 4.78 is 46.8. The van der Waals surface area contributed by atoms with Crippen LogP contribution in [0.4, 0.5) is 19.0 Å². The molecule has 9 heteroatoms. The molecule has 1 atom stereocenters. The van der Waals surface area contributed by atoms with Gasteiger partial charge in [0.25, 0.3) is 0 Å². The molecule has 30 heavy (non-hydrogen) atoms. The van der Waals surface area contributed by atoms with Crippen LogP contribution in [-0.4, -0.2) is 26.6 Å². The first-order valence-electron chi connectivity index (χ1n) is 9.17. The summed E-state index contributed by atoms with van der Waals surface area (Å²) in [5.41, 5.74) is 0.668. The number of ether oxygens (including phenoxy) is 1. The van der Waals surface area contributed by atoms with E-state index in [-0.39, 0.29) is 17.1 Å². The summed E-state index contributed by atoms with van der Waals surface area (Å²) in [4.78, 5) is 8.70. The molecule has 4 aromatic rings. The third-order valence-electron chi connectivity index (χ3n) is 5.15. The van der Waals surface area contributed by atoms with Gasteiger partial charge in [-0.05, 0) is 37.1 Å². The van der Waals surface area contributed by atoms with Crippen molar-refractivity contribution in [3.8, 4) is 11.5 Å². The number of imidazole rings is 1. The molecular weight excluding hydrogens is 397 g/mol. The molecule has 2 heterocycles. The van der Waals surface area contributed by atoms with Gasteiger partial charge >= 0.3 is 6.18 Å². The van der Waals surface area contributed by atoms with Crippen LogP contribution in [0.25, 0.3) is 16.7 Å². The summed E-state index contributed by atoms with van der Waals surface area (Å²) in [6.45, 7) is 3.21. The maximum atomic E-state index is 13.3. The van der Waals surface area contributed by atoms with Crippen LogP contribution >= 0.6 is 0 Å². The van der Waals surface area contributed by atoms with Gasteiger partial charge in [0.15, 0.2) is 11.5 Å². The summed E-state index contributed by atoms with van der Waals surface area (Å²) in [5, 5.41) is 14.0. The van der Waals surface area contributed by atoms with Crippen LogP contribution in [0.1, 0.15) is 29.7 Å². The summed E-state index contributed by atoms with van der Waals surface area (Å²) in [6, 6.07) is 6.80. The van der Waals surface area contributed by atoms with Crippen molar-refractivity contribution in [1.82, 2.24) is 14.4 Å². The topological polar surface area (TPSA) is 71.7 Å². The second kappa shape index (κ2) is 7.08. The molecule has 0 saturated carbocycles. The molecule has 6 nitrogen and oxygen atoms in total. The quantitative estimate of drug-likeness (QED) is 0.485. The Morgan fingerprint density at radius 3 is 2.70 bits per heavy atom. The van der Waals surface area contributed by atoms with E-state index >= 15 is 0 Å². The van der Waals surface area contributed by atoms with Gasteiger partial charge in [-0.15, -0.1) is 0 Å².